The average molecular weight is 253 g/mol. The maximum atomic E-state index is 7.99. The van der Waals surface area contributed by atoms with Gasteiger partial charge in [0.2, 0.25) is 0 Å². The molecule has 0 N–H and O–H groups in total. The second kappa shape index (κ2) is 2.85. The molecule has 2 aromatic carbocycles. The van der Waals surface area contributed by atoms with E-state index in [1.165, 1.54) is 6.07 Å². The van der Waals surface area contributed by atoms with Crippen LogP contribution in [0.2, 0.25) is 0 Å². The molecule has 0 atom stereocenters. The van der Waals surface area contributed by atoms with Gasteiger partial charge in [-0.05, 0) is 24.2 Å². The van der Waals surface area contributed by atoms with Gasteiger partial charge in [-0.1, -0.05) is 34.1 Å². The number of benzene rings is 2. The van der Waals surface area contributed by atoms with E-state index in [0.717, 1.165) is 0 Å². The Hall–Kier alpha value is -1.28. The Labute approximate surface area is 97.9 Å². The van der Waals surface area contributed by atoms with Gasteiger partial charge in [-0.25, -0.2) is 0 Å². The zero-order valence-corrected chi connectivity index (χ0v) is 8.45. The molecule has 1 nitrogen and oxygen atoms in total. The Morgan fingerprint density at radius 3 is 2.86 bits per heavy atom. The van der Waals surface area contributed by atoms with Crippen LogP contribution in [0.3, 0.4) is 0 Å². The molecule has 0 saturated carbocycles. The molecule has 0 aliphatic rings. The minimum atomic E-state index is -0.263. The van der Waals surface area contributed by atoms with E-state index in [4.69, 9.17) is 12.6 Å². The van der Waals surface area contributed by atoms with E-state index < -0.39 is 0 Å². The van der Waals surface area contributed by atoms with Crippen LogP contribution in [0.15, 0.2) is 51.2 Å². The van der Waals surface area contributed by atoms with E-state index >= 15 is 0 Å². The molecule has 0 spiro atoms. The van der Waals surface area contributed by atoms with Crippen molar-refractivity contribution in [3.63, 3.8) is 0 Å². The summed E-state index contributed by atoms with van der Waals surface area (Å²) in [5, 5.41) is 0.386. The van der Waals surface area contributed by atoms with Gasteiger partial charge in [-0.2, -0.15) is 0 Å². The van der Waals surface area contributed by atoms with Gasteiger partial charge in [0, 0.05) is 15.2 Å². The van der Waals surface area contributed by atoms with Crippen LogP contribution < -0.4 is 0 Å². The minimum absolute atomic E-state index is 0.0744. The summed E-state index contributed by atoms with van der Waals surface area (Å²) in [5.74, 6) is 0. The first-order chi connectivity index (χ1) is 9.34. The van der Waals surface area contributed by atoms with Crippen LogP contribution >= 0.6 is 15.9 Å². The lowest BCUT2D eigenvalue weighted by atomic mass is 10.2. The molecule has 3 aromatic rings. The van der Waals surface area contributed by atoms with Crippen LogP contribution in [-0.4, -0.2) is 0 Å². The molecular weight excluding hydrogens is 240 g/mol. The quantitative estimate of drug-likeness (QED) is 0.580. The maximum Gasteiger partial charge on any atom is 0.136 e. The second-order valence-electron chi connectivity index (χ2n) is 2.77. The van der Waals surface area contributed by atoms with E-state index in [-0.39, 0.29) is 62.7 Å². The molecule has 14 heavy (non-hydrogen) atoms. The van der Waals surface area contributed by atoms with E-state index in [1.54, 1.807) is 0 Å². The summed E-state index contributed by atoms with van der Waals surface area (Å²) in [7, 11) is 0. The van der Waals surface area contributed by atoms with E-state index in [9.17, 15) is 0 Å². The van der Waals surface area contributed by atoms with E-state index in [2.05, 4.69) is 15.9 Å². The molecule has 2 heteroatoms. The maximum absolute atomic E-state index is 7.99. The SMILES string of the molecule is [2H]c1cc2oc3c([2H])c(Br)c([2H])c([2H])c3c2c([2H])c1[2H]. The molecule has 0 saturated heterocycles. The van der Waals surface area contributed by atoms with Crippen molar-refractivity contribution in [2.24, 2.45) is 0 Å². The van der Waals surface area contributed by atoms with Gasteiger partial charge in [0.15, 0.2) is 0 Å². The fourth-order valence-electron chi connectivity index (χ4n) is 1.33. The monoisotopic (exact) mass is 252 g/mol. The molecule has 1 heterocycles. The van der Waals surface area contributed by atoms with Crippen LogP contribution in [0.5, 0.6) is 0 Å². The van der Waals surface area contributed by atoms with Crippen LogP contribution in [0.25, 0.3) is 21.9 Å². The van der Waals surface area contributed by atoms with Gasteiger partial charge in [0.1, 0.15) is 11.2 Å². The van der Waals surface area contributed by atoms with E-state index in [0.29, 0.717) is 0 Å². The number of hydrogen-bond acceptors (Lipinski definition) is 1. The molecule has 0 fully saturated rings. The molecule has 0 aliphatic carbocycles. The second-order valence-corrected chi connectivity index (χ2v) is 3.57. The third kappa shape index (κ3) is 1.07. The van der Waals surface area contributed by atoms with Crippen molar-refractivity contribution >= 4 is 37.9 Å². The topological polar surface area (TPSA) is 13.1 Å². The predicted octanol–water partition coefficient (Wildman–Crippen LogP) is 4.35. The van der Waals surface area contributed by atoms with Gasteiger partial charge in [0.25, 0.3) is 0 Å². The number of fused-ring (bicyclic) bond motifs is 3. The van der Waals surface area contributed by atoms with Crippen LogP contribution in [0.1, 0.15) is 8.22 Å². The molecule has 0 bridgehead atoms. The average Bonchev–Trinajstić information content (AvgIpc) is 2.79. The van der Waals surface area contributed by atoms with Crippen molar-refractivity contribution in [1.82, 2.24) is 0 Å². The Balaban J connectivity index is 2.69. The standard InChI is InChI=1S/C12H7BrO/c13-8-5-6-10-9-3-1-2-4-11(9)14-12(10)7-8/h1-7H/i1D,2D,3D,5D,6D,7D. The normalized spacial score (nSPS) is 17.2. The van der Waals surface area contributed by atoms with Crippen molar-refractivity contribution in [1.29, 1.82) is 0 Å². The summed E-state index contributed by atoms with van der Waals surface area (Å²) in [6, 6.07) is 0.269. The first kappa shape index (κ1) is 4.07. The highest BCUT2D eigenvalue weighted by atomic mass is 79.9. The molecular formula is C12H7BrO. The Morgan fingerprint density at radius 1 is 1.07 bits per heavy atom. The predicted molar refractivity (Wildman–Crippen MR) is 61.4 cm³/mol. The Bertz CT molecular complexity index is 885. The molecule has 0 radical (unpaired) electrons. The van der Waals surface area contributed by atoms with Crippen molar-refractivity contribution in [2.75, 3.05) is 0 Å². The van der Waals surface area contributed by atoms with Crippen molar-refractivity contribution in [2.45, 2.75) is 0 Å². The van der Waals surface area contributed by atoms with Gasteiger partial charge >= 0.3 is 0 Å². The lowest BCUT2D eigenvalue weighted by Crippen LogP contribution is -1.65. The van der Waals surface area contributed by atoms with Crippen molar-refractivity contribution in [3.8, 4) is 0 Å². The third-order valence-corrected chi connectivity index (χ3v) is 2.32. The molecule has 1 aromatic heterocycles. The molecule has 0 aliphatic heterocycles. The molecule has 3 rings (SSSR count). The van der Waals surface area contributed by atoms with Crippen LogP contribution in [0, 0.1) is 0 Å². The highest BCUT2D eigenvalue weighted by Crippen LogP contribution is 2.30. The van der Waals surface area contributed by atoms with Gasteiger partial charge in [-0.3, -0.25) is 0 Å². The zero-order valence-electron chi connectivity index (χ0n) is 12.9. The Kier molecular flexibility index (Phi) is 0.830. The smallest absolute Gasteiger partial charge is 0.136 e. The fraction of sp³-hybridized carbons (Fsp3) is 0. The summed E-state index contributed by atoms with van der Waals surface area (Å²) in [4.78, 5) is 0. The highest BCUT2D eigenvalue weighted by molar-refractivity contribution is 9.10. The number of halogens is 1. The molecule has 0 unspecified atom stereocenters. The number of para-hydroxylation sites is 1. The fourth-order valence-corrected chi connectivity index (χ4v) is 1.61. The highest BCUT2D eigenvalue weighted by Gasteiger charge is 2.05. The van der Waals surface area contributed by atoms with Crippen LogP contribution in [-0.2, 0) is 0 Å². The van der Waals surface area contributed by atoms with Crippen LogP contribution in [0.4, 0.5) is 0 Å². The number of rotatable bonds is 0. The number of hydrogen-bond donors (Lipinski definition) is 0. The first-order valence-corrected chi connectivity index (χ1v) is 4.72. The largest absolute Gasteiger partial charge is 0.456 e. The van der Waals surface area contributed by atoms with Gasteiger partial charge < -0.3 is 4.42 Å². The lowest BCUT2D eigenvalue weighted by Gasteiger charge is -1.89. The summed E-state index contributed by atoms with van der Waals surface area (Å²) in [6.07, 6.45) is 0. The Morgan fingerprint density at radius 2 is 1.93 bits per heavy atom. The number of furan rings is 1. The van der Waals surface area contributed by atoms with Gasteiger partial charge in [-0.15, -0.1) is 0 Å². The molecule has 0 amide bonds. The summed E-state index contributed by atoms with van der Waals surface area (Å²) in [5.41, 5.74) is 0.275. The summed E-state index contributed by atoms with van der Waals surface area (Å²) in [6.45, 7) is 0. The lowest BCUT2D eigenvalue weighted by molar-refractivity contribution is 0.668. The van der Waals surface area contributed by atoms with Crippen molar-refractivity contribution < 1.29 is 12.6 Å². The zero-order chi connectivity index (χ0) is 14.8. The third-order valence-electron chi connectivity index (χ3n) is 1.92. The van der Waals surface area contributed by atoms with E-state index in [1.807, 2.05) is 0 Å². The minimum Gasteiger partial charge on any atom is -0.456 e. The molecule has 68 valence electrons. The first-order valence-electron chi connectivity index (χ1n) is 6.92. The summed E-state index contributed by atoms with van der Waals surface area (Å²) >= 11 is 3.08. The summed E-state index contributed by atoms with van der Waals surface area (Å²) < 4.78 is 52.6. The van der Waals surface area contributed by atoms with Gasteiger partial charge in [0.05, 0.1) is 8.22 Å². The van der Waals surface area contributed by atoms with Crippen molar-refractivity contribution in [3.05, 3.63) is 46.8 Å².